The fraction of sp³-hybridized carbons (Fsp3) is 0.654. The number of carbonyl (C=O) groups excluding carboxylic acids is 2. The number of hydrogen-bond acceptors (Lipinski definition) is 6. The van der Waals surface area contributed by atoms with Crippen molar-refractivity contribution in [2.45, 2.75) is 89.8 Å². The van der Waals surface area contributed by atoms with Gasteiger partial charge in [-0.25, -0.2) is 4.99 Å². The third-order valence-electron chi connectivity index (χ3n) is 7.31. The lowest BCUT2D eigenvalue weighted by Gasteiger charge is -2.34. The summed E-state index contributed by atoms with van der Waals surface area (Å²) in [6, 6.07) is 3.75. The first kappa shape index (κ1) is 25.8. The van der Waals surface area contributed by atoms with Gasteiger partial charge in [0.1, 0.15) is 11.8 Å². The number of guanidine groups is 1. The van der Waals surface area contributed by atoms with E-state index < -0.39 is 0 Å². The molecule has 35 heavy (non-hydrogen) atoms. The first-order valence-electron chi connectivity index (χ1n) is 13.0. The van der Waals surface area contributed by atoms with E-state index in [0.717, 1.165) is 49.8 Å². The Hall–Kier alpha value is -2.32. The minimum absolute atomic E-state index is 0.0322. The Morgan fingerprint density at radius 2 is 2.00 bits per heavy atom. The Bertz CT molecular complexity index is 948. The number of carbonyl (C=O) groups is 2. The smallest absolute Gasteiger partial charge is 0.249 e. The van der Waals surface area contributed by atoms with Gasteiger partial charge in [0.25, 0.3) is 0 Å². The molecular weight excluding hydrogens is 468 g/mol. The summed E-state index contributed by atoms with van der Waals surface area (Å²) in [5.41, 5.74) is 1.64. The Labute approximate surface area is 212 Å². The van der Waals surface area contributed by atoms with Crippen LogP contribution in [0.25, 0.3) is 0 Å². The molecule has 0 radical (unpaired) electrons. The van der Waals surface area contributed by atoms with E-state index >= 15 is 0 Å². The van der Waals surface area contributed by atoms with Gasteiger partial charge in [0.2, 0.25) is 17.8 Å². The summed E-state index contributed by atoms with van der Waals surface area (Å²) in [5.74, 6) is 1.34. The number of halogens is 1. The zero-order chi connectivity index (χ0) is 24.8. The predicted molar refractivity (Wildman–Crippen MR) is 136 cm³/mol. The fourth-order valence-electron chi connectivity index (χ4n) is 5.22. The normalized spacial score (nSPS) is 19.6. The lowest BCUT2D eigenvalue weighted by molar-refractivity contribution is -0.135. The summed E-state index contributed by atoms with van der Waals surface area (Å²) < 4.78 is 5.95. The summed E-state index contributed by atoms with van der Waals surface area (Å²) in [4.78, 5) is 33.0. The van der Waals surface area contributed by atoms with Crippen molar-refractivity contribution in [3.8, 4) is 5.75 Å². The van der Waals surface area contributed by atoms with Gasteiger partial charge in [-0.1, -0.05) is 43.7 Å². The first-order valence-corrected chi connectivity index (χ1v) is 13.4. The van der Waals surface area contributed by atoms with Crippen molar-refractivity contribution < 1.29 is 19.4 Å². The molecule has 1 aromatic carbocycles. The quantitative estimate of drug-likeness (QED) is 0.441. The molecule has 1 saturated carbocycles. The molecule has 2 heterocycles. The number of aliphatic imine (C=N–C) groups is 1. The maximum Gasteiger partial charge on any atom is 0.249 e. The third kappa shape index (κ3) is 6.09. The van der Waals surface area contributed by atoms with Crippen LogP contribution in [0.3, 0.4) is 0 Å². The van der Waals surface area contributed by atoms with E-state index in [1.165, 1.54) is 19.3 Å². The van der Waals surface area contributed by atoms with Crippen LogP contribution in [0.4, 0.5) is 5.69 Å². The molecule has 0 spiro atoms. The highest BCUT2D eigenvalue weighted by molar-refractivity contribution is 6.33. The highest BCUT2D eigenvalue weighted by Crippen LogP contribution is 2.39. The van der Waals surface area contributed by atoms with Crippen LogP contribution in [0, 0.1) is 0 Å². The molecular formula is C26H37ClN4O4. The van der Waals surface area contributed by atoms with Crippen LogP contribution < -0.4 is 10.1 Å². The molecule has 192 valence electrons. The molecule has 2 amide bonds. The molecule has 2 fully saturated rings. The zero-order valence-corrected chi connectivity index (χ0v) is 21.4. The minimum atomic E-state index is -0.271. The van der Waals surface area contributed by atoms with Gasteiger partial charge in [0.15, 0.2) is 0 Å². The molecule has 8 nitrogen and oxygen atoms in total. The number of fused-ring (bicyclic) bond motifs is 2. The van der Waals surface area contributed by atoms with E-state index in [0.29, 0.717) is 48.9 Å². The van der Waals surface area contributed by atoms with Gasteiger partial charge in [-0.3, -0.25) is 14.9 Å². The number of unbranched alkanes of at least 4 members (excludes halogenated alkanes) is 3. The fourth-order valence-corrected chi connectivity index (χ4v) is 5.50. The standard InChI is InChI=1S/C26H37ClN4O4/c1-18-25(34)29-26-28-21-12-13-22(24(27)20(21)17-31(18)26)35-16-8-3-2-7-11-23(33)30(14-15-32)19-9-5-4-6-10-19/h12-13,18-19,32H,2-11,14-17H2,1H3,(H,28,29,34). The number of ether oxygens (including phenoxy) is 1. The second-order valence-corrected chi connectivity index (χ2v) is 10.1. The van der Waals surface area contributed by atoms with Crippen molar-refractivity contribution >= 4 is 35.1 Å². The number of amides is 2. The maximum absolute atomic E-state index is 12.7. The lowest BCUT2D eigenvalue weighted by Crippen LogP contribution is -2.43. The van der Waals surface area contributed by atoms with E-state index in [4.69, 9.17) is 16.3 Å². The van der Waals surface area contributed by atoms with Crippen molar-refractivity contribution in [1.82, 2.24) is 15.1 Å². The van der Waals surface area contributed by atoms with Gasteiger partial charge < -0.3 is 19.6 Å². The molecule has 1 saturated heterocycles. The molecule has 1 aromatic rings. The van der Waals surface area contributed by atoms with Gasteiger partial charge in [-0.2, -0.15) is 0 Å². The molecule has 1 unspecified atom stereocenters. The molecule has 2 N–H and O–H groups in total. The summed E-state index contributed by atoms with van der Waals surface area (Å²) in [6.07, 6.45) is 9.96. The van der Waals surface area contributed by atoms with E-state index in [-0.39, 0.29) is 24.5 Å². The SMILES string of the molecule is CC1C(=O)NC2=Nc3ccc(OCCCCCCC(=O)N(CCO)C4CCCCC4)c(Cl)c3CN21. The highest BCUT2D eigenvalue weighted by Gasteiger charge is 2.37. The van der Waals surface area contributed by atoms with Crippen LogP contribution in [0.15, 0.2) is 17.1 Å². The molecule has 2 aliphatic heterocycles. The van der Waals surface area contributed by atoms with E-state index in [2.05, 4.69) is 10.3 Å². The van der Waals surface area contributed by atoms with Crippen LogP contribution in [0.1, 0.15) is 76.7 Å². The largest absolute Gasteiger partial charge is 0.492 e. The molecule has 0 bridgehead atoms. The summed E-state index contributed by atoms with van der Waals surface area (Å²) in [5, 5.41) is 12.7. The van der Waals surface area contributed by atoms with Crippen molar-refractivity contribution in [2.24, 2.45) is 4.99 Å². The second kappa shape index (κ2) is 12.1. The number of hydrogen-bond donors (Lipinski definition) is 2. The van der Waals surface area contributed by atoms with Crippen molar-refractivity contribution in [1.29, 1.82) is 0 Å². The lowest BCUT2D eigenvalue weighted by atomic mass is 9.94. The van der Waals surface area contributed by atoms with Crippen LogP contribution in [0.5, 0.6) is 5.75 Å². The van der Waals surface area contributed by atoms with Crippen LogP contribution >= 0.6 is 11.6 Å². The number of rotatable bonds is 11. The zero-order valence-electron chi connectivity index (χ0n) is 20.6. The van der Waals surface area contributed by atoms with Gasteiger partial charge in [0, 0.05) is 24.6 Å². The molecule has 9 heteroatoms. The minimum Gasteiger partial charge on any atom is -0.492 e. The number of nitrogens with one attached hydrogen (secondary N) is 1. The molecule has 1 aliphatic carbocycles. The maximum atomic E-state index is 12.7. The van der Waals surface area contributed by atoms with E-state index in [1.54, 1.807) is 0 Å². The number of aliphatic hydroxyl groups is 1. The highest BCUT2D eigenvalue weighted by atomic mass is 35.5. The molecule has 1 atom stereocenters. The average molecular weight is 505 g/mol. The van der Waals surface area contributed by atoms with Crippen molar-refractivity contribution in [3.05, 3.63) is 22.7 Å². The van der Waals surface area contributed by atoms with E-state index in [1.807, 2.05) is 28.9 Å². The Morgan fingerprint density at radius 3 is 2.77 bits per heavy atom. The summed E-state index contributed by atoms with van der Waals surface area (Å²) >= 11 is 6.63. The Balaban J connectivity index is 1.18. The van der Waals surface area contributed by atoms with Gasteiger partial charge in [-0.15, -0.1) is 0 Å². The van der Waals surface area contributed by atoms with Gasteiger partial charge in [-0.05, 0) is 44.7 Å². The number of benzene rings is 1. The molecule has 3 aliphatic rings. The Morgan fingerprint density at radius 1 is 1.23 bits per heavy atom. The van der Waals surface area contributed by atoms with Crippen LogP contribution in [-0.2, 0) is 16.1 Å². The summed E-state index contributed by atoms with van der Waals surface area (Å²) in [6.45, 7) is 3.41. The van der Waals surface area contributed by atoms with Gasteiger partial charge >= 0.3 is 0 Å². The Kier molecular flexibility index (Phi) is 8.89. The van der Waals surface area contributed by atoms with Crippen molar-refractivity contribution in [3.63, 3.8) is 0 Å². The molecule has 0 aromatic heterocycles. The van der Waals surface area contributed by atoms with Gasteiger partial charge in [0.05, 0.1) is 30.5 Å². The molecule has 4 rings (SSSR count). The summed E-state index contributed by atoms with van der Waals surface area (Å²) in [7, 11) is 0. The van der Waals surface area contributed by atoms with Crippen LogP contribution in [-0.4, -0.2) is 64.5 Å². The number of aliphatic hydroxyl groups excluding tert-OH is 1. The number of nitrogens with zero attached hydrogens (tertiary/aromatic N) is 3. The van der Waals surface area contributed by atoms with Crippen molar-refractivity contribution in [2.75, 3.05) is 19.8 Å². The predicted octanol–water partition coefficient (Wildman–Crippen LogP) is 4.14. The van der Waals surface area contributed by atoms with E-state index in [9.17, 15) is 14.7 Å². The third-order valence-corrected chi connectivity index (χ3v) is 7.73. The van der Waals surface area contributed by atoms with Crippen LogP contribution in [0.2, 0.25) is 5.02 Å². The topological polar surface area (TPSA) is 94.5 Å². The first-order chi connectivity index (χ1) is 17.0. The monoisotopic (exact) mass is 504 g/mol. The average Bonchev–Trinajstić information content (AvgIpc) is 3.15. The second-order valence-electron chi connectivity index (χ2n) is 9.72.